The van der Waals surface area contributed by atoms with Gasteiger partial charge in [-0.1, -0.05) is 79.9 Å². The van der Waals surface area contributed by atoms with Gasteiger partial charge in [0.15, 0.2) is 0 Å². The number of ether oxygens (including phenoxy) is 2. The Hall–Kier alpha value is -0.830. The summed E-state index contributed by atoms with van der Waals surface area (Å²) in [5.74, 6) is 7.05. The molecule has 6 rings (SSSR count). The number of rotatable bonds is 8. The second kappa shape index (κ2) is 11.8. The summed E-state index contributed by atoms with van der Waals surface area (Å²) in [6, 6.07) is 0. The molecule has 0 spiro atoms. The Balaban J connectivity index is 1.10. The van der Waals surface area contributed by atoms with Crippen LogP contribution in [0.1, 0.15) is 139 Å². The van der Waals surface area contributed by atoms with Crippen LogP contribution < -0.4 is 0 Å². The lowest BCUT2D eigenvalue weighted by atomic mass is 9.47. The zero-order valence-electron chi connectivity index (χ0n) is 28.5. The highest BCUT2D eigenvalue weighted by molar-refractivity contribution is 5.74. The summed E-state index contributed by atoms with van der Waals surface area (Å²) in [6.45, 7) is 19.7. The van der Waals surface area contributed by atoms with Crippen molar-refractivity contribution in [2.75, 3.05) is 0 Å². The summed E-state index contributed by atoms with van der Waals surface area (Å²) in [7, 11) is 0. The standard InChI is InChI=1S/C39H64O3/c1-9-27(23(2)3)12-10-24(4)32-16-17-33-31-15-13-28-22-29(18-20-38(28,7)34(31)19-21-39(32,33)8)41-37-26(6)30-14-11-25(5)35(30)36(40)42-37/h15,23-30,32-35,37H,9-14,16-22H2,1-8H3/t24-,25+,26?,27-,28?,29+,30-,32-,33+,34+,35-,37+,38+,39-/m1/s1. The maximum absolute atomic E-state index is 12.9. The molecule has 0 amide bonds. The number of carbonyl (C=O) groups excluding carboxylic acids is 1. The van der Waals surface area contributed by atoms with E-state index in [4.69, 9.17) is 9.47 Å². The minimum atomic E-state index is -0.339. The van der Waals surface area contributed by atoms with Gasteiger partial charge in [-0.05, 0) is 135 Å². The number of esters is 1. The lowest BCUT2D eigenvalue weighted by Gasteiger charge is -2.58. The minimum absolute atomic E-state index is 0.0125. The van der Waals surface area contributed by atoms with Crippen LogP contribution in [0.15, 0.2) is 11.6 Å². The van der Waals surface area contributed by atoms with Gasteiger partial charge in [0.2, 0.25) is 6.29 Å². The summed E-state index contributed by atoms with van der Waals surface area (Å²) in [6.07, 6.45) is 19.5. The topological polar surface area (TPSA) is 35.5 Å². The fourth-order valence-electron chi connectivity index (χ4n) is 12.3. The van der Waals surface area contributed by atoms with Crippen molar-refractivity contribution < 1.29 is 14.3 Å². The Kier molecular flexibility index (Phi) is 8.78. The first-order valence-electron chi connectivity index (χ1n) is 18.5. The van der Waals surface area contributed by atoms with Gasteiger partial charge in [0.1, 0.15) is 0 Å². The highest BCUT2D eigenvalue weighted by atomic mass is 16.7. The molecule has 0 aromatic rings. The molecule has 238 valence electrons. The second-order valence-corrected chi connectivity index (χ2v) is 17.4. The molecule has 0 N–H and O–H groups in total. The molecule has 1 aliphatic heterocycles. The third-order valence-electron chi connectivity index (χ3n) is 15.2. The molecule has 5 fully saturated rings. The van der Waals surface area contributed by atoms with Crippen molar-refractivity contribution in [3.63, 3.8) is 0 Å². The van der Waals surface area contributed by atoms with Gasteiger partial charge in [-0.3, -0.25) is 4.79 Å². The van der Waals surface area contributed by atoms with E-state index in [1.807, 2.05) is 5.57 Å². The van der Waals surface area contributed by atoms with Crippen molar-refractivity contribution in [3.05, 3.63) is 11.6 Å². The molecule has 5 aliphatic carbocycles. The number of allylic oxidation sites excluding steroid dienone is 2. The molecule has 2 unspecified atom stereocenters. The molecule has 3 nitrogen and oxygen atoms in total. The molecular formula is C39H64O3. The summed E-state index contributed by atoms with van der Waals surface area (Å²) in [4.78, 5) is 12.9. The largest absolute Gasteiger partial charge is 0.435 e. The van der Waals surface area contributed by atoms with Gasteiger partial charge in [0.05, 0.1) is 12.0 Å². The van der Waals surface area contributed by atoms with Crippen LogP contribution in [-0.2, 0) is 14.3 Å². The Morgan fingerprint density at radius 1 is 0.952 bits per heavy atom. The first-order chi connectivity index (χ1) is 20.0. The van der Waals surface area contributed by atoms with Gasteiger partial charge in [-0.2, -0.15) is 0 Å². The molecule has 4 saturated carbocycles. The van der Waals surface area contributed by atoms with Crippen LogP contribution in [-0.4, -0.2) is 18.4 Å². The van der Waals surface area contributed by atoms with Crippen molar-refractivity contribution in [1.29, 1.82) is 0 Å². The molecule has 1 heterocycles. The monoisotopic (exact) mass is 580 g/mol. The maximum Gasteiger partial charge on any atom is 0.311 e. The van der Waals surface area contributed by atoms with Gasteiger partial charge in [-0.25, -0.2) is 0 Å². The highest BCUT2D eigenvalue weighted by Gasteiger charge is 2.58. The molecule has 1 saturated heterocycles. The molecule has 0 aromatic carbocycles. The van der Waals surface area contributed by atoms with Crippen LogP contribution in [0.25, 0.3) is 0 Å². The van der Waals surface area contributed by atoms with Crippen LogP contribution >= 0.6 is 0 Å². The summed E-state index contributed by atoms with van der Waals surface area (Å²) >= 11 is 0. The first-order valence-corrected chi connectivity index (χ1v) is 18.5. The lowest BCUT2D eigenvalue weighted by molar-refractivity contribution is -0.240. The minimum Gasteiger partial charge on any atom is -0.435 e. The third-order valence-corrected chi connectivity index (χ3v) is 15.2. The SMILES string of the molecule is CC[C@H](CC[C@@H](C)[C@H]1CC[C@H]2C3=CCC4C[C@@H](O[C@H]5OC(=O)[C@H]6[C@H](CC[C@@H]6C)C5C)CC[C@]4(C)[C@H]3CC[C@]12C)C(C)C. The van der Waals surface area contributed by atoms with E-state index in [0.29, 0.717) is 34.5 Å². The van der Waals surface area contributed by atoms with Crippen LogP contribution in [0.5, 0.6) is 0 Å². The van der Waals surface area contributed by atoms with E-state index in [1.165, 1.54) is 57.8 Å². The zero-order valence-corrected chi connectivity index (χ0v) is 28.5. The van der Waals surface area contributed by atoms with Gasteiger partial charge >= 0.3 is 5.97 Å². The molecule has 14 atom stereocenters. The van der Waals surface area contributed by atoms with Crippen LogP contribution in [0.3, 0.4) is 0 Å². The Morgan fingerprint density at radius 2 is 1.69 bits per heavy atom. The fourth-order valence-corrected chi connectivity index (χ4v) is 12.3. The van der Waals surface area contributed by atoms with E-state index in [0.717, 1.165) is 61.2 Å². The quantitative estimate of drug-likeness (QED) is 0.212. The van der Waals surface area contributed by atoms with E-state index < -0.39 is 0 Å². The van der Waals surface area contributed by atoms with E-state index in [2.05, 4.69) is 61.5 Å². The van der Waals surface area contributed by atoms with Crippen molar-refractivity contribution in [2.24, 2.45) is 75.9 Å². The van der Waals surface area contributed by atoms with Crippen molar-refractivity contribution >= 4 is 5.97 Å². The first kappa shape index (κ1) is 31.2. The van der Waals surface area contributed by atoms with Gasteiger partial charge < -0.3 is 9.47 Å². The van der Waals surface area contributed by atoms with Crippen molar-refractivity contribution in [2.45, 2.75) is 151 Å². The van der Waals surface area contributed by atoms with E-state index in [9.17, 15) is 4.79 Å². The summed E-state index contributed by atoms with van der Waals surface area (Å²) in [5, 5.41) is 0. The molecule has 6 aliphatic rings. The molecular weight excluding hydrogens is 516 g/mol. The van der Waals surface area contributed by atoms with Crippen LogP contribution in [0.2, 0.25) is 0 Å². The van der Waals surface area contributed by atoms with E-state index in [1.54, 1.807) is 0 Å². The second-order valence-electron chi connectivity index (χ2n) is 17.4. The van der Waals surface area contributed by atoms with Crippen molar-refractivity contribution in [1.82, 2.24) is 0 Å². The van der Waals surface area contributed by atoms with E-state index >= 15 is 0 Å². The predicted molar refractivity (Wildman–Crippen MR) is 172 cm³/mol. The number of fused-ring (bicyclic) bond motifs is 6. The molecule has 3 heteroatoms. The van der Waals surface area contributed by atoms with Gasteiger partial charge in [-0.15, -0.1) is 0 Å². The number of cyclic esters (lactones) is 1. The molecule has 0 aromatic heterocycles. The highest BCUT2D eigenvalue weighted by Crippen LogP contribution is 2.67. The number of hydrogen-bond acceptors (Lipinski definition) is 3. The number of carbonyl (C=O) groups is 1. The zero-order chi connectivity index (χ0) is 30.0. The smallest absolute Gasteiger partial charge is 0.311 e. The average molecular weight is 581 g/mol. The molecule has 0 radical (unpaired) electrons. The summed E-state index contributed by atoms with van der Waals surface area (Å²) < 4.78 is 12.7. The van der Waals surface area contributed by atoms with E-state index in [-0.39, 0.29) is 24.3 Å². The average Bonchev–Trinajstić information content (AvgIpc) is 3.52. The third kappa shape index (κ3) is 5.16. The normalized spacial score (nSPS) is 48.0. The lowest BCUT2D eigenvalue weighted by Crippen LogP contribution is -2.51. The Labute approximate surface area is 258 Å². The summed E-state index contributed by atoms with van der Waals surface area (Å²) in [5.41, 5.74) is 2.78. The van der Waals surface area contributed by atoms with Gasteiger partial charge in [0.25, 0.3) is 0 Å². The predicted octanol–water partition coefficient (Wildman–Crippen LogP) is 10.2. The molecule has 0 bridgehead atoms. The number of hydrogen-bond donors (Lipinski definition) is 0. The van der Waals surface area contributed by atoms with Crippen LogP contribution in [0, 0.1) is 75.9 Å². The van der Waals surface area contributed by atoms with Crippen LogP contribution in [0.4, 0.5) is 0 Å². The fraction of sp³-hybridized carbons (Fsp3) is 0.923. The van der Waals surface area contributed by atoms with Crippen molar-refractivity contribution in [3.8, 4) is 0 Å². The van der Waals surface area contributed by atoms with Gasteiger partial charge in [0, 0.05) is 5.92 Å². The Bertz CT molecular complexity index is 1020. The Morgan fingerprint density at radius 3 is 2.43 bits per heavy atom. The maximum atomic E-state index is 12.9. The molecule has 42 heavy (non-hydrogen) atoms.